The van der Waals surface area contributed by atoms with Gasteiger partial charge in [0.1, 0.15) is 29.9 Å². The van der Waals surface area contributed by atoms with Crippen molar-refractivity contribution in [2.45, 2.75) is 44.9 Å². The van der Waals surface area contributed by atoms with Crippen molar-refractivity contribution in [3.63, 3.8) is 0 Å². The molecule has 1 amide bonds. The van der Waals surface area contributed by atoms with Gasteiger partial charge in [0.25, 0.3) is 0 Å². The number of hydrogen-bond donors (Lipinski definition) is 2. The lowest BCUT2D eigenvalue weighted by Gasteiger charge is -2.26. The van der Waals surface area contributed by atoms with Crippen molar-refractivity contribution in [2.75, 3.05) is 6.61 Å². The minimum Gasteiger partial charge on any atom is -0.459 e. The molecular weight excluding hydrogens is 396 g/mol. The minimum atomic E-state index is -1.35. The van der Waals surface area contributed by atoms with E-state index in [1.807, 2.05) is 0 Å². The highest BCUT2D eigenvalue weighted by Crippen LogP contribution is 2.14. The molecule has 0 aliphatic rings. The summed E-state index contributed by atoms with van der Waals surface area (Å²) in [6, 6.07) is 10.1. The van der Waals surface area contributed by atoms with E-state index >= 15 is 0 Å². The number of benzene rings is 2. The Labute approximate surface area is 173 Å². The first-order chi connectivity index (χ1) is 14.0. The molecule has 2 atom stereocenters. The zero-order chi connectivity index (χ0) is 22.3. The number of esters is 1. The second kappa shape index (κ2) is 10.2. The Morgan fingerprint density at radius 3 is 2.23 bits per heavy atom. The molecule has 30 heavy (non-hydrogen) atoms. The quantitative estimate of drug-likeness (QED) is 0.667. The number of amides is 1. The molecule has 0 fully saturated rings. The molecule has 0 saturated heterocycles. The van der Waals surface area contributed by atoms with Crippen LogP contribution in [-0.2, 0) is 15.9 Å². The molecule has 0 aliphatic heterocycles. The molecule has 0 saturated carbocycles. The van der Waals surface area contributed by atoms with E-state index in [0.29, 0.717) is 5.56 Å². The molecule has 0 bridgehead atoms. The molecule has 2 N–H and O–H groups in total. The average Bonchev–Trinajstić information content (AvgIpc) is 2.63. The number of rotatable bonds is 7. The summed E-state index contributed by atoms with van der Waals surface area (Å²) < 4.78 is 37.3. The van der Waals surface area contributed by atoms with Crippen LogP contribution >= 0.6 is 0 Å². The maximum absolute atomic E-state index is 13.5. The third-order valence-electron chi connectivity index (χ3n) is 3.94. The van der Waals surface area contributed by atoms with Crippen molar-refractivity contribution in [1.82, 2.24) is 5.32 Å². The van der Waals surface area contributed by atoms with E-state index in [2.05, 4.69) is 5.32 Å². The smallest absolute Gasteiger partial charge is 0.407 e. The van der Waals surface area contributed by atoms with Gasteiger partial charge in [0.15, 0.2) is 0 Å². The predicted molar refractivity (Wildman–Crippen MR) is 106 cm³/mol. The van der Waals surface area contributed by atoms with Crippen LogP contribution in [0.25, 0.3) is 0 Å². The van der Waals surface area contributed by atoms with Crippen molar-refractivity contribution in [2.24, 2.45) is 0 Å². The van der Waals surface area contributed by atoms with Gasteiger partial charge in [-0.2, -0.15) is 0 Å². The molecule has 0 heterocycles. The highest BCUT2D eigenvalue weighted by Gasteiger charge is 2.26. The minimum absolute atomic E-state index is 0.113. The van der Waals surface area contributed by atoms with Crippen LogP contribution < -0.4 is 5.32 Å². The number of nitrogens with one attached hydrogen (secondary N) is 1. The van der Waals surface area contributed by atoms with Crippen LogP contribution in [0.3, 0.4) is 0 Å². The van der Waals surface area contributed by atoms with Crippen LogP contribution in [-0.4, -0.2) is 41.5 Å². The van der Waals surface area contributed by atoms with Crippen LogP contribution in [0.2, 0.25) is 0 Å². The van der Waals surface area contributed by atoms with E-state index in [9.17, 15) is 23.5 Å². The lowest BCUT2D eigenvalue weighted by Crippen LogP contribution is -2.48. The van der Waals surface area contributed by atoms with Crippen LogP contribution in [0.15, 0.2) is 48.5 Å². The molecular formula is C22H25F2NO5. The summed E-state index contributed by atoms with van der Waals surface area (Å²) in [7, 11) is 0. The topological polar surface area (TPSA) is 84.9 Å². The normalized spacial score (nSPS) is 13.3. The summed E-state index contributed by atoms with van der Waals surface area (Å²) in [4.78, 5) is 24.2. The maximum Gasteiger partial charge on any atom is 0.407 e. The Morgan fingerprint density at radius 1 is 1.07 bits per heavy atom. The first kappa shape index (κ1) is 23.3. The summed E-state index contributed by atoms with van der Waals surface area (Å²) in [5.74, 6) is -2.22. The number of ether oxygens (including phenoxy) is 2. The van der Waals surface area contributed by atoms with Gasteiger partial charge in [-0.1, -0.05) is 18.2 Å². The largest absolute Gasteiger partial charge is 0.459 e. The standard InChI is InChI=1S/C22H25F2NO5/c1-22(2,3)30-21(28)25-18(11-14-9-16(23)12-17(24)10-14)19(26)13-29-20(27)15-7-5-4-6-8-15/h4-10,12,18-19,26H,11,13H2,1-3H3,(H,25,28)/t18-,19-/m0/s1. The van der Waals surface area contributed by atoms with Gasteiger partial charge in [-0.05, 0) is 57.0 Å². The van der Waals surface area contributed by atoms with Crippen LogP contribution in [0.1, 0.15) is 36.7 Å². The summed E-state index contributed by atoms with van der Waals surface area (Å²) in [6.07, 6.45) is -2.29. The zero-order valence-corrected chi connectivity index (χ0v) is 17.0. The SMILES string of the molecule is CC(C)(C)OC(=O)N[C@@H](Cc1cc(F)cc(F)c1)[C@@H](O)COC(=O)c1ccccc1. The second-order valence-corrected chi connectivity index (χ2v) is 7.77. The van der Waals surface area contributed by atoms with Crippen LogP contribution in [0.4, 0.5) is 13.6 Å². The summed E-state index contributed by atoms with van der Waals surface area (Å²) in [6.45, 7) is 4.57. The molecule has 8 heteroatoms. The molecule has 0 spiro atoms. The second-order valence-electron chi connectivity index (χ2n) is 7.77. The Bertz CT molecular complexity index is 847. The highest BCUT2D eigenvalue weighted by molar-refractivity contribution is 5.89. The Balaban J connectivity index is 2.10. The molecule has 162 valence electrons. The molecule has 0 aromatic heterocycles. The van der Waals surface area contributed by atoms with Crippen LogP contribution in [0.5, 0.6) is 0 Å². The number of carbonyl (C=O) groups is 2. The number of aliphatic hydroxyl groups is 1. The molecule has 0 radical (unpaired) electrons. The number of hydrogen-bond acceptors (Lipinski definition) is 5. The van der Waals surface area contributed by atoms with Crippen molar-refractivity contribution in [3.05, 3.63) is 71.3 Å². The molecule has 0 unspecified atom stereocenters. The van der Waals surface area contributed by atoms with Gasteiger partial charge >= 0.3 is 12.1 Å². The highest BCUT2D eigenvalue weighted by atomic mass is 19.1. The van der Waals surface area contributed by atoms with Gasteiger partial charge in [-0.3, -0.25) is 0 Å². The van der Waals surface area contributed by atoms with Crippen molar-refractivity contribution < 1.29 is 33.0 Å². The summed E-state index contributed by atoms with van der Waals surface area (Å²) in [5, 5.41) is 13.0. The van der Waals surface area contributed by atoms with Gasteiger partial charge in [-0.15, -0.1) is 0 Å². The van der Waals surface area contributed by atoms with Gasteiger partial charge in [0, 0.05) is 6.07 Å². The molecule has 2 aromatic rings. The third-order valence-corrected chi connectivity index (χ3v) is 3.94. The summed E-state index contributed by atoms with van der Waals surface area (Å²) >= 11 is 0. The van der Waals surface area contributed by atoms with Crippen molar-refractivity contribution in [3.8, 4) is 0 Å². The number of halogens is 2. The fraction of sp³-hybridized carbons (Fsp3) is 0.364. The van der Waals surface area contributed by atoms with Crippen LogP contribution in [0, 0.1) is 11.6 Å². The summed E-state index contributed by atoms with van der Waals surface area (Å²) in [5.41, 5.74) is -0.278. The van der Waals surface area contributed by atoms with E-state index in [0.717, 1.165) is 18.2 Å². The van der Waals surface area contributed by atoms with E-state index in [1.165, 1.54) is 0 Å². The lowest BCUT2D eigenvalue weighted by atomic mass is 10.0. The van der Waals surface area contributed by atoms with Gasteiger partial charge < -0.3 is 19.9 Å². The van der Waals surface area contributed by atoms with E-state index < -0.39 is 48.1 Å². The molecule has 6 nitrogen and oxygen atoms in total. The Hall–Kier alpha value is -3.00. The van der Waals surface area contributed by atoms with Crippen molar-refractivity contribution >= 4 is 12.1 Å². The fourth-order valence-electron chi connectivity index (χ4n) is 2.66. The van der Waals surface area contributed by atoms with E-state index in [-0.39, 0.29) is 12.0 Å². The molecule has 2 rings (SSSR count). The van der Waals surface area contributed by atoms with E-state index in [1.54, 1.807) is 51.1 Å². The molecule has 0 aliphatic carbocycles. The Morgan fingerprint density at radius 2 is 1.67 bits per heavy atom. The average molecular weight is 421 g/mol. The maximum atomic E-state index is 13.5. The van der Waals surface area contributed by atoms with Gasteiger partial charge in [-0.25, -0.2) is 18.4 Å². The lowest BCUT2D eigenvalue weighted by molar-refractivity contribution is 0.0107. The number of carbonyl (C=O) groups excluding carboxylic acids is 2. The monoisotopic (exact) mass is 421 g/mol. The van der Waals surface area contributed by atoms with Gasteiger partial charge in [0.2, 0.25) is 0 Å². The van der Waals surface area contributed by atoms with Crippen molar-refractivity contribution in [1.29, 1.82) is 0 Å². The van der Waals surface area contributed by atoms with Gasteiger partial charge in [0.05, 0.1) is 11.6 Å². The predicted octanol–water partition coefficient (Wildman–Crippen LogP) is 3.62. The zero-order valence-electron chi connectivity index (χ0n) is 17.0. The number of alkyl carbamates (subject to hydrolysis) is 1. The molecule has 2 aromatic carbocycles. The Kier molecular flexibility index (Phi) is 7.88. The number of aliphatic hydroxyl groups excluding tert-OH is 1. The fourth-order valence-corrected chi connectivity index (χ4v) is 2.66. The first-order valence-electron chi connectivity index (χ1n) is 9.38. The van der Waals surface area contributed by atoms with E-state index in [4.69, 9.17) is 9.47 Å². The third kappa shape index (κ3) is 7.79. The first-order valence-corrected chi connectivity index (χ1v) is 9.38.